The second-order valence-electron chi connectivity index (χ2n) is 7.21. The maximum atomic E-state index is 13.6. The van der Waals surface area contributed by atoms with Gasteiger partial charge in [0.25, 0.3) is 0 Å². The van der Waals surface area contributed by atoms with E-state index in [1.807, 2.05) is 19.1 Å². The first kappa shape index (κ1) is 20.9. The molecule has 2 amide bonds. The highest BCUT2D eigenvalue weighted by Gasteiger charge is 2.15. The zero-order valence-electron chi connectivity index (χ0n) is 16.9. The summed E-state index contributed by atoms with van der Waals surface area (Å²) in [5.74, 6) is -0.231. The summed E-state index contributed by atoms with van der Waals surface area (Å²) in [5, 5.41) is 2.87. The number of carbonyl (C=O) groups excluding carboxylic acids is 1. The first-order valence-electron chi connectivity index (χ1n) is 9.83. The number of urea groups is 1. The summed E-state index contributed by atoms with van der Waals surface area (Å²) < 4.78 is 24.4. The van der Waals surface area contributed by atoms with Gasteiger partial charge in [-0.15, -0.1) is 0 Å². The second kappa shape index (κ2) is 10.1. The van der Waals surface area contributed by atoms with E-state index in [9.17, 15) is 9.18 Å². The van der Waals surface area contributed by atoms with Crippen molar-refractivity contribution >= 4 is 11.7 Å². The van der Waals surface area contributed by atoms with E-state index in [1.165, 1.54) is 11.8 Å². The molecule has 1 aliphatic rings. The predicted octanol–water partition coefficient (Wildman–Crippen LogP) is 3.27. The van der Waals surface area contributed by atoms with Crippen LogP contribution in [0.25, 0.3) is 0 Å². The van der Waals surface area contributed by atoms with Crippen LogP contribution in [0.1, 0.15) is 12.5 Å². The second-order valence-corrected chi connectivity index (χ2v) is 7.21. The molecule has 0 aromatic heterocycles. The summed E-state index contributed by atoms with van der Waals surface area (Å²) in [6.45, 7) is 5.81. The third-order valence-electron chi connectivity index (χ3n) is 4.77. The van der Waals surface area contributed by atoms with E-state index in [0.29, 0.717) is 6.54 Å². The smallest absolute Gasteiger partial charge is 0.317 e. The van der Waals surface area contributed by atoms with E-state index in [2.05, 4.69) is 22.3 Å². The zero-order valence-corrected chi connectivity index (χ0v) is 16.9. The number of morpholine rings is 1. The maximum absolute atomic E-state index is 13.6. The fourth-order valence-electron chi connectivity index (χ4n) is 3.12. The molecule has 2 aromatic rings. The molecular formula is C22H28FN3O3. The van der Waals surface area contributed by atoms with Crippen molar-refractivity contribution in [1.82, 2.24) is 10.2 Å². The summed E-state index contributed by atoms with van der Waals surface area (Å²) in [6.07, 6.45) is 0. The molecular weight excluding hydrogens is 373 g/mol. The maximum Gasteiger partial charge on any atom is 0.317 e. The molecule has 29 heavy (non-hydrogen) atoms. The Morgan fingerprint density at radius 2 is 1.90 bits per heavy atom. The van der Waals surface area contributed by atoms with Gasteiger partial charge in [0.2, 0.25) is 0 Å². The lowest BCUT2D eigenvalue weighted by Crippen LogP contribution is -2.43. The van der Waals surface area contributed by atoms with E-state index < -0.39 is 5.82 Å². The molecule has 7 heteroatoms. The molecule has 0 radical (unpaired) electrons. The van der Waals surface area contributed by atoms with Crippen molar-refractivity contribution in [2.24, 2.45) is 0 Å². The molecule has 1 atom stereocenters. The number of hydrogen-bond acceptors (Lipinski definition) is 4. The van der Waals surface area contributed by atoms with Crippen LogP contribution in [0.2, 0.25) is 0 Å². The van der Waals surface area contributed by atoms with Crippen LogP contribution < -0.4 is 15.0 Å². The van der Waals surface area contributed by atoms with Crippen LogP contribution in [0, 0.1) is 5.82 Å². The molecule has 0 bridgehead atoms. The van der Waals surface area contributed by atoms with Crippen LogP contribution in [0.5, 0.6) is 5.75 Å². The highest BCUT2D eigenvalue weighted by atomic mass is 19.1. The van der Waals surface area contributed by atoms with Crippen molar-refractivity contribution in [3.8, 4) is 5.75 Å². The number of carbonyl (C=O) groups is 1. The van der Waals surface area contributed by atoms with Crippen LogP contribution in [-0.4, -0.2) is 56.9 Å². The van der Waals surface area contributed by atoms with Gasteiger partial charge in [-0.2, -0.15) is 0 Å². The zero-order chi connectivity index (χ0) is 20.6. The average Bonchev–Trinajstić information content (AvgIpc) is 2.74. The molecule has 156 valence electrons. The van der Waals surface area contributed by atoms with Crippen LogP contribution in [0.4, 0.5) is 14.9 Å². The standard InChI is InChI=1S/C22H28FN3O3/c1-17(16-29-21-6-4-3-5-20(21)23)24-22(27)25(2)15-18-7-9-19(10-8-18)26-11-13-28-14-12-26/h3-10,17H,11-16H2,1-2H3,(H,24,27). The summed E-state index contributed by atoms with van der Waals surface area (Å²) in [4.78, 5) is 16.3. The van der Waals surface area contributed by atoms with E-state index in [4.69, 9.17) is 9.47 Å². The Labute approximate surface area is 171 Å². The molecule has 1 unspecified atom stereocenters. The number of hydrogen-bond donors (Lipinski definition) is 1. The Bertz CT molecular complexity index is 794. The molecule has 1 heterocycles. The third kappa shape index (κ3) is 6.09. The molecule has 0 aliphatic carbocycles. The van der Waals surface area contributed by atoms with Crippen LogP contribution in [0.3, 0.4) is 0 Å². The number of ether oxygens (including phenoxy) is 2. The number of anilines is 1. The predicted molar refractivity (Wildman–Crippen MR) is 111 cm³/mol. The molecule has 0 spiro atoms. The van der Waals surface area contributed by atoms with Crippen molar-refractivity contribution < 1.29 is 18.7 Å². The first-order chi connectivity index (χ1) is 14.0. The summed E-state index contributed by atoms with van der Waals surface area (Å²) in [6, 6.07) is 14.0. The lowest BCUT2D eigenvalue weighted by atomic mass is 10.2. The highest BCUT2D eigenvalue weighted by molar-refractivity contribution is 5.74. The number of benzene rings is 2. The van der Waals surface area contributed by atoms with E-state index in [1.54, 1.807) is 30.1 Å². The van der Waals surface area contributed by atoms with Gasteiger partial charge < -0.3 is 24.6 Å². The Balaban J connectivity index is 1.45. The average molecular weight is 401 g/mol. The van der Waals surface area contributed by atoms with Crippen molar-refractivity contribution in [3.05, 3.63) is 59.9 Å². The van der Waals surface area contributed by atoms with Crippen molar-refractivity contribution in [2.45, 2.75) is 19.5 Å². The summed E-state index contributed by atoms with van der Waals surface area (Å²) >= 11 is 0. The van der Waals surface area contributed by atoms with Gasteiger partial charge in [-0.1, -0.05) is 24.3 Å². The van der Waals surface area contributed by atoms with E-state index >= 15 is 0 Å². The summed E-state index contributed by atoms with van der Waals surface area (Å²) in [7, 11) is 1.75. The quantitative estimate of drug-likeness (QED) is 0.774. The monoisotopic (exact) mass is 401 g/mol. The Morgan fingerprint density at radius 1 is 1.21 bits per heavy atom. The highest BCUT2D eigenvalue weighted by Crippen LogP contribution is 2.18. The van der Waals surface area contributed by atoms with Gasteiger partial charge in [-0.3, -0.25) is 0 Å². The van der Waals surface area contributed by atoms with Crippen molar-refractivity contribution in [3.63, 3.8) is 0 Å². The number of amides is 2. The summed E-state index contributed by atoms with van der Waals surface area (Å²) in [5.41, 5.74) is 2.22. The minimum atomic E-state index is -0.413. The molecule has 1 saturated heterocycles. The molecule has 2 aromatic carbocycles. The van der Waals surface area contributed by atoms with Gasteiger partial charge in [0.15, 0.2) is 11.6 Å². The van der Waals surface area contributed by atoms with Gasteiger partial charge in [-0.25, -0.2) is 9.18 Å². The van der Waals surface area contributed by atoms with Gasteiger partial charge in [0, 0.05) is 32.4 Å². The first-order valence-corrected chi connectivity index (χ1v) is 9.83. The van der Waals surface area contributed by atoms with Gasteiger partial charge in [0.05, 0.1) is 19.3 Å². The minimum absolute atomic E-state index is 0.183. The molecule has 1 fully saturated rings. The molecule has 1 aliphatic heterocycles. The topological polar surface area (TPSA) is 54.0 Å². The number of nitrogens with one attached hydrogen (secondary N) is 1. The Kier molecular flexibility index (Phi) is 7.30. The molecule has 6 nitrogen and oxygen atoms in total. The Morgan fingerprint density at radius 3 is 2.59 bits per heavy atom. The van der Waals surface area contributed by atoms with Crippen LogP contribution in [0.15, 0.2) is 48.5 Å². The Hall–Kier alpha value is -2.80. The van der Waals surface area contributed by atoms with Gasteiger partial charge in [-0.05, 0) is 36.8 Å². The van der Waals surface area contributed by atoms with Crippen LogP contribution in [-0.2, 0) is 11.3 Å². The fourth-order valence-corrected chi connectivity index (χ4v) is 3.12. The number of halogens is 1. The van der Waals surface area contributed by atoms with Crippen molar-refractivity contribution in [1.29, 1.82) is 0 Å². The van der Waals surface area contributed by atoms with E-state index in [0.717, 1.165) is 31.9 Å². The lowest BCUT2D eigenvalue weighted by Gasteiger charge is -2.29. The molecule has 0 saturated carbocycles. The van der Waals surface area contributed by atoms with Crippen molar-refractivity contribution in [2.75, 3.05) is 44.9 Å². The van der Waals surface area contributed by atoms with Gasteiger partial charge in [0.1, 0.15) is 6.61 Å². The molecule has 1 N–H and O–H groups in total. The van der Waals surface area contributed by atoms with Crippen LogP contribution >= 0.6 is 0 Å². The SMILES string of the molecule is CC(COc1ccccc1F)NC(=O)N(C)Cc1ccc(N2CCOCC2)cc1. The number of para-hydroxylation sites is 1. The largest absolute Gasteiger partial charge is 0.488 e. The van der Waals surface area contributed by atoms with Gasteiger partial charge >= 0.3 is 6.03 Å². The fraction of sp³-hybridized carbons (Fsp3) is 0.409. The number of nitrogens with zero attached hydrogens (tertiary/aromatic N) is 2. The minimum Gasteiger partial charge on any atom is -0.488 e. The third-order valence-corrected chi connectivity index (χ3v) is 4.77. The van der Waals surface area contributed by atoms with E-state index in [-0.39, 0.29) is 24.4 Å². The normalized spacial score (nSPS) is 14.9. The lowest BCUT2D eigenvalue weighted by molar-refractivity contribution is 0.122. The molecule has 3 rings (SSSR count). The number of rotatable bonds is 7.